The van der Waals surface area contributed by atoms with E-state index in [-0.39, 0.29) is 17.7 Å². The van der Waals surface area contributed by atoms with Crippen molar-refractivity contribution in [3.63, 3.8) is 0 Å². The van der Waals surface area contributed by atoms with Gasteiger partial charge in [-0.15, -0.1) is 0 Å². The third-order valence-electron chi connectivity index (χ3n) is 2.99. The second-order valence-corrected chi connectivity index (χ2v) is 6.75. The van der Waals surface area contributed by atoms with Gasteiger partial charge in [-0.05, 0) is 31.5 Å². The molecule has 0 saturated carbocycles. The molecule has 1 heterocycles. The minimum absolute atomic E-state index is 0.141. The SMILES string of the molecule is Cc1cc(N)nc(SCC(=O)NC(C)c2ccc(Cl)cc2Cl)n1. The molecule has 0 fully saturated rings. The van der Waals surface area contributed by atoms with Gasteiger partial charge in [0.15, 0.2) is 5.16 Å². The summed E-state index contributed by atoms with van der Waals surface area (Å²) in [6.45, 7) is 3.69. The number of carbonyl (C=O) groups excluding carboxylic acids is 1. The molecule has 2 rings (SSSR count). The van der Waals surface area contributed by atoms with Gasteiger partial charge in [-0.25, -0.2) is 9.97 Å². The summed E-state index contributed by atoms with van der Waals surface area (Å²) in [6.07, 6.45) is 0. The van der Waals surface area contributed by atoms with E-state index in [1.165, 1.54) is 11.8 Å². The number of benzene rings is 1. The molecule has 23 heavy (non-hydrogen) atoms. The number of rotatable bonds is 5. The topological polar surface area (TPSA) is 80.9 Å². The Kier molecular flexibility index (Phi) is 6.10. The lowest BCUT2D eigenvalue weighted by Crippen LogP contribution is -2.28. The van der Waals surface area contributed by atoms with Crippen molar-refractivity contribution in [1.82, 2.24) is 15.3 Å². The summed E-state index contributed by atoms with van der Waals surface area (Å²) >= 11 is 13.2. The van der Waals surface area contributed by atoms with E-state index < -0.39 is 0 Å². The average Bonchev–Trinajstić information content (AvgIpc) is 2.44. The monoisotopic (exact) mass is 370 g/mol. The molecular formula is C15H16Cl2N4OS. The molecule has 8 heteroatoms. The highest BCUT2D eigenvalue weighted by molar-refractivity contribution is 7.99. The smallest absolute Gasteiger partial charge is 0.230 e. The third kappa shape index (κ3) is 5.27. The Morgan fingerprint density at radius 3 is 2.74 bits per heavy atom. The standard InChI is InChI=1S/C15H16Cl2N4OS/c1-8-5-13(18)21-15(19-8)23-7-14(22)20-9(2)11-4-3-10(16)6-12(11)17/h3-6,9H,7H2,1-2H3,(H,20,22)(H2,18,19,21). The van der Waals surface area contributed by atoms with Crippen LogP contribution in [0.25, 0.3) is 0 Å². The Hall–Kier alpha value is -1.50. The average molecular weight is 371 g/mol. The van der Waals surface area contributed by atoms with Crippen molar-refractivity contribution in [3.8, 4) is 0 Å². The first-order chi connectivity index (χ1) is 10.8. The summed E-state index contributed by atoms with van der Waals surface area (Å²) in [5.41, 5.74) is 7.24. The predicted molar refractivity (Wildman–Crippen MR) is 94.9 cm³/mol. The zero-order valence-corrected chi connectivity index (χ0v) is 15.0. The predicted octanol–water partition coefficient (Wildman–Crippen LogP) is 3.64. The number of halogens is 2. The summed E-state index contributed by atoms with van der Waals surface area (Å²) in [4.78, 5) is 20.4. The van der Waals surface area contributed by atoms with Crippen LogP contribution < -0.4 is 11.1 Å². The van der Waals surface area contributed by atoms with Gasteiger partial charge >= 0.3 is 0 Å². The van der Waals surface area contributed by atoms with Gasteiger partial charge in [-0.1, -0.05) is 41.0 Å². The van der Waals surface area contributed by atoms with Crippen LogP contribution in [0.5, 0.6) is 0 Å². The summed E-state index contributed by atoms with van der Waals surface area (Å²) < 4.78 is 0. The maximum Gasteiger partial charge on any atom is 0.230 e. The van der Waals surface area contributed by atoms with Crippen LogP contribution in [0.1, 0.15) is 24.2 Å². The maximum atomic E-state index is 12.1. The molecule has 122 valence electrons. The number of nitrogens with zero attached hydrogens (tertiary/aromatic N) is 2. The van der Waals surface area contributed by atoms with Gasteiger partial charge in [0.2, 0.25) is 5.91 Å². The lowest BCUT2D eigenvalue weighted by Gasteiger charge is -2.15. The van der Waals surface area contributed by atoms with E-state index in [1.54, 1.807) is 24.3 Å². The first kappa shape index (κ1) is 17.8. The fraction of sp³-hybridized carbons (Fsp3) is 0.267. The van der Waals surface area contributed by atoms with Crippen LogP contribution in [-0.4, -0.2) is 21.6 Å². The molecule has 1 aromatic carbocycles. The summed E-state index contributed by atoms with van der Waals surface area (Å²) in [5, 5.41) is 4.44. The van der Waals surface area contributed by atoms with Gasteiger partial charge in [0.05, 0.1) is 11.8 Å². The van der Waals surface area contributed by atoms with E-state index in [4.69, 9.17) is 28.9 Å². The number of hydrogen-bond donors (Lipinski definition) is 2. The number of amides is 1. The molecule has 1 atom stereocenters. The van der Waals surface area contributed by atoms with Crippen molar-refractivity contribution < 1.29 is 4.79 Å². The second kappa shape index (κ2) is 7.86. The van der Waals surface area contributed by atoms with Gasteiger partial charge in [0.25, 0.3) is 0 Å². The first-order valence-electron chi connectivity index (χ1n) is 6.83. The fourth-order valence-electron chi connectivity index (χ4n) is 1.97. The molecule has 0 radical (unpaired) electrons. The van der Waals surface area contributed by atoms with Crippen LogP contribution >= 0.6 is 35.0 Å². The molecule has 5 nitrogen and oxygen atoms in total. The normalized spacial score (nSPS) is 12.0. The van der Waals surface area contributed by atoms with Crippen LogP contribution in [0.15, 0.2) is 29.4 Å². The molecule has 1 aromatic heterocycles. The molecule has 0 aliphatic heterocycles. The summed E-state index contributed by atoms with van der Waals surface area (Å²) in [5.74, 6) is 0.442. The molecule has 0 saturated heterocycles. The van der Waals surface area contributed by atoms with Gasteiger partial charge in [0, 0.05) is 21.8 Å². The van der Waals surface area contributed by atoms with Crippen molar-refractivity contribution in [2.75, 3.05) is 11.5 Å². The minimum Gasteiger partial charge on any atom is -0.384 e. The minimum atomic E-state index is -0.226. The molecule has 0 aliphatic carbocycles. The van der Waals surface area contributed by atoms with E-state index in [0.717, 1.165) is 11.3 Å². The largest absolute Gasteiger partial charge is 0.384 e. The third-order valence-corrected chi connectivity index (χ3v) is 4.40. The lowest BCUT2D eigenvalue weighted by molar-refractivity contribution is -0.119. The lowest BCUT2D eigenvalue weighted by atomic mass is 10.1. The van der Waals surface area contributed by atoms with Crippen molar-refractivity contribution >= 4 is 46.7 Å². The van der Waals surface area contributed by atoms with Gasteiger partial charge in [0.1, 0.15) is 5.82 Å². The number of aromatic nitrogens is 2. The first-order valence-corrected chi connectivity index (χ1v) is 8.57. The molecular weight excluding hydrogens is 355 g/mol. The van der Waals surface area contributed by atoms with Crippen LogP contribution in [-0.2, 0) is 4.79 Å². The van der Waals surface area contributed by atoms with Crippen LogP contribution in [0, 0.1) is 6.92 Å². The summed E-state index contributed by atoms with van der Waals surface area (Å²) in [7, 11) is 0. The van der Waals surface area contributed by atoms with Gasteiger partial charge < -0.3 is 11.1 Å². The van der Waals surface area contributed by atoms with Gasteiger partial charge in [-0.2, -0.15) is 0 Å². The van der Waals surface area contributed by atoms with E-state index in [2.05, 4.69) is 15.3 Å². The Balaban J connectivity index is 1.93. The van der Waals surface area contributed by atoms with Crippen molar-refractivity contribution in [1.29, 1.82) is 0 Å². The molecule has 0 aliphatic rings. The molecule has 1 unspecified atom stereocenters. The van der Waals surface area contributed by atoms with Crippen molar-refractivity contribution in [3.05, 3.63) is 45.6 Å². The zero-order chi connectivity index (χ0) is 17.0. The van der Waals surface area contributed by atoms with E-state index in [9.17, 15) is 4.79 Å². The molecule has 2 aromatic rings. The Labute approximate surface area is 149 Å². The molecule has 0 spiro atoms. The van der Waals surface area contributed by atoms with Crippen LogP contribution in [0.4, 0.5) is 5.82 Å². The van der Waals surface area contributed by atoms with E-state index in [1.807, 2.05) is 13.8 Å². The van der Waals surface area contributed by atoms with Crippen molar-refractivity contribution in [2.24, 2.45) is 0 Å². The molecule has 1 amide bonds. The van der Waals surface area contributed by atoms with E-state index >= 15 is 0 Å². The number of thioether (sulfide) groups is 1. The highest BCUT2D eigenvalue weighted by atomic mass is 35.5. The summed E-state index contributed by atoms with van der Waals surface area (Å²) in [6, 6.07) is 6.64. The number of anilines is 1. The highest BCUT2D eigenvalue weighted by Crippen LogP contribution is 2.26. The number of hydrogen-bond acceptors (Lipinski definition) is 5. The number of nitrogens with two attached hydrogens (primary N) is 1. The molecule has 3 N–H and O–H groups in total. The Bertz CT molecular complexity index is 706. The maximum absolute atomic E-state index is 12.1. The van der Waals surface area contributed by atoms with Gasteiger partial charge in [-0.3, -0.25) is 4.79 Å². The quantitative estimate of drug-likeness (QED) is 0.620. The Morgan fingerprint density at radius 1 is 1.35 bits per heavy atom. The second-order valence-electron chi connectivity index (χ2n) is 4.96. The fourth-order valence-corrected chi connectivity index (χ4v) is 3.27. The number of nitrogen functional groups attached to an aromatic ring is 1. The molecule has 0 bridgehead atoms. The number of carbonyl (C=O) groups is 1. The zero-order valence-electron chi connectivity index (χ0n) is 12.6. The highest BCUT2D eigenvalue weighted by Gasteiger charge is 2.14. The Morgan fingerprint density at radius 2 is 2.09 bits per heavy atom. The number of nitrogens with one attached hydrogen (secondary N) is 1. The van der Waals surface area contributed by atoms with Crippen LogP contribution in [0.3, 0.4) is 0 Å². The number of aryl methyl sites for hydroxylation is 1. The van der Waals surface area contributed by atoms with Crippen molar-refractivity contribution in [2.45, 2.75) is 25.0 Å². The van der Waals surface area contributed by atoms with Crippen LogP contribution in [0.2, 0.25) is 10.0 Å². The van der Waals surface area contributed by atoms with E-state index in [0.29, 0.717) is 21.0 Å².